The standard InChI is InChI=1S/C14H16O3/c1-14(2,13(15)16)10-8-7-9-5-4-6-11(17-3)12(9)10/h4-6,8H,7H2,1-3H3,(H,15,16). The Labute approximate surface area is 101 Å². The third kappa shape index (κ3) is 1.71. The number of ether oxygens (including phenoxy) is 1. The van der Waals surface area contributed by atoms with E-state index in [-0.39, 0.29) is 0 Å². The van der Waals surface area contributed by atoms with E-state index in [2.05, 4.69) is 0 Å². The predicted octanol–water partition coefficient (Wildman–Crippen LogP) is 2.75. The number of rotatable bonds is 3. The molecule has 2 rings (SSSR count). The number of hydrogen-bond donors (Lipinski definition) is 1. The summed E-state index contributed by atoms with van der Waals surface area (Å²) < 4.78 is 5.33. The first-order valence-electron chi connectivity index (χ1n) is 5.58. The summed E-state index contributed by atoms with van der Waals surface area (Å²) in [7, 11) is 1.61. The van der Waals surface area contributed by atoms with Gasteiger partial charge >= 0.3 is 5.97 Å². The van der Waals surface area contributed by atoms with Gasteiger partial charge in [-0.25, -0.2) is 0 Å². The molecule has 0 aliphatic heterocycles. The Morgan fingerprint density at radius 2 is 2.12 bits per heavy atom. The van der Waals surface area contributed by atoms with E-state index in [1.807, 2.05) is 24.3 Å². The summed E-state index contributed by atoms with van der Waals surface area (Å²) in [5.74, 6) is -0.0666. The zero-order valence-corrected chi connectivity index (χ0v) is 10.3. The molecule has 0 saturated carbocycles. The minimum atomic E-state index is -0.889. The number of carboxylic acid groups (broad SMARTS) is 1. The number of carboxylic acids is 1. The third-order valence-electron chi connectivity index (χ3n) is 3.34. The molecular weight excluding hydrogens is 216 g/mol. The van der Waals surface area contributed by atoms with Crippen LogP contribution in [0.5, 0.6) is 5.75 Å². The second-order valence-corrected chi connectivity index (χ2v) is 4.75. The second kappa shape index (κ2) is 3.91. The molecule has 1 N–H and O–H groups in total. The quantitative estimate of drug-likeness (QED) is 0.871. The van der Waals surface area contributed by atoms with Gasteiger partial charge in [-0.15, -0.1) is 0 Å². The van der Waals surface area contributed by atoms with Gasteiger partial charge in [0.25, 0.3) is 0 Å². The summed E-state index contributed by atoms with van der Waals surface area (Å²) in [6, 6.07) is 5.82. The lowest BCUT2D eigenvalue weighted by Crippen LogP contribution is -2.25. The molecule has 3 nitrogen and oxygen atoms in total. The molecule has 1 aromatic carbocycles. The number of carbonyl (C=O) groups is 1. The van der Waals surface area contributed by atoms with Crippen LogP contribution in [0.2, 0.25) is 0 Å². The SMILES string of the molecule is COc1cccc2c1C(C(C)(C)C(=O)O)=CC2. The van der Waals surface area contributed by atoms with Crippen molar-refractivity contribution in [2.24, 2.45) is 5.41 Å². The number of aliphatic carboxylic acids is 1. The molecule has 90 valence electrons. The number of allylic oxidation sites excluding steroid dienone is 1. The van der Waals surface area contributed by atoms with E-state index in [0.717, 1.165) is 28.9 Å². The molecule has 0 saturated heterocycles. The number of benzene rings is 1. The molecule has 1 aromatic rings. The van der Waals surface area contributed by atoms with Crippen LogP contribution in [0.3, 0.4) is 0 Å². The van der Waals surface area contributed by atoms with Crippen molar-refractivity contribution in [2.75, 3.05) is 7.11 Å². The Kier molecular flexibility index (Phi) is 2.69. The van der Waals surface area contributed by atoms with Crippen LogP contribution in [0, 0.1) is 5.41 Å². The Hall–Kier alpha value is -1.77. The highest BCUT2D eigenvalue weighted by atomic mass is 16.5. The zero-order chi connectivity index (χ0) is 12.6. The summed E-state index contributed by atoms with van der Waals surface area (Å²) in [5, 5.41) is 9.31. The second-order valence-electron chi connectivity index (χ2n) is 4.75. The zero-order valence-electron chi connectivity index (χ0n) is 10.3. The molecule has 0 radical (unpaired) electrons. The molecule has 0 amide bonds. The molecule has 0 aromatic heterocycles. The van der Waals surface area contributed by atoms with Crippen LogP contribution in [-0.2, 0) is 11.2 Å². The summed E-state index contributed by atoms with van der Waals surface area (Å²) in [6.07, 6.45) is 2.76. The fraction of sp³-hybridized carbons (Fsp3) is 0.357. The van der Waals surface area contributed by atoms with E-state index in [9.17, 15) is 9.90 Å². The van der Waals surface area contributed by atoms with Crippen LogP contribution in [0.4, 0.5) is 0 Å². The van der Waals surface area contributed by atoms with Gasteiger partial charge in [-0.3, -0.25) is 4.79 Å². The summed E-state index contributed by atoms with van der Waals surface area (Å²) in [4.78, 5) is 11.3. The molecule has 0 atom stereocenters. The van der Waals surface area contributed by atoms with Crippen molar-refractivity contribution < 1.29 is 14.6 Å². The van der Waals surface area contributed by atoms with Gasteiger partial charge in [0.2, 0.25) is 0 Å². The Balaban J connectivity index is 2.56. The minimum Gasteiger partial charge on any atom is -0.496 e. The van der Waals surface area contributed by atoms with Crippen LogP contribution in [0.25, 0.3) is 5.57 Å². The summed E-state index contributed by atoms with van der Waals surface area (Å²) >= 11 is 0. The Morgan fingerprint density at radius 3 is 2.71 bits per heavy atom. The molecule has 0 bridgehead atoms. The minimum absolute atomic E-state index is 0.751. The third-order valence-corrected chi connectivity index (χ3v) is 3.34. The monoisotopic (exact) mass is 232 g/mol. The molecule has 1 aliphatic rings. The fourth-order valence-electron chi connectivity index (χ4n) is 2.22. The van der Waals surface area contributed by atoms with Crippen LogP contribution >= 0.6 is 0 Å². The molecule has 0 spiro atoms. The smallest absolute Gasteiger partial charge is 0.313 e. The van der Waals surface area contributed by atoms with Gasteiger partial charge in [-0.1, -0.05) is 18.2 Å². The number of hydrogen-bond acceptors (Lipinski definition) is 2. The first-order valence-corrected chi connectivity index (χ1v) is 5.58. The van der Waals surface area contributed by atoms with Crippen molar-refractivity contribution in [3.63, 3.8) is 0 Å². The average molecular weight is 232 g/mol. The van der Waals surface area contributed by atoms with Gasteiger partial charge in [-0.05, 0) is 37.5 Å². The lowest BCUT2D eigenvalue weighted by molar-refractivity contribution is -0.143. The van der Waals surface area contributed by atoms with Crippen LogP contribution in [-0.4, -0.2) is 18.2 Å². The first-order chi connectivity index (χ1) is 7.98. The number of methoxy groups -OCH3 is 1. The normalized spacial score (nSPS) is 14.2. The van der Waals surface area contributed by atoms with E-state index in [4.69, 9.17) is 4.74 Å². The van der Waals surface area contributed by atoms with Gasteiger partial charge in [0, 0.05) is 5.56 Å². The molecule has 0 fully saturated rings. The van der Waals surface area contributed by atoms with Crippen molar-refractivity contribution in [1.29, 1.82) is 0 Å². The Morgan fingerprint density at radius 1 is 1.41 bits per heavy atom. The van der Waals surface area contributed by atoms with Crippen molar-refractivity contribution >= 4 is 11.5 Å². The topological polar surface area (TPSA) is 46.5 Å². The van der Waals surface area contributed by atoms with E-state index in [1.165, 1.54) is 0 Å². The molecular formula is C14H16O3. The van der Waals surface area contributed by atoms with Gasteiger partial charge in [-0.2, -0.15) is 0 Å². The van der Waals surface area contributed by atoms with Gasteiger partial charge in [0.1, 0.15) is 5.75 Å². The molecule has 0 heterocycles. The van der Waals surface area contributed by atoms with Crippen LogP contribution in [0.15, 0.2) is 24.3 Å². The summed E-state index contributed by atoms with van der Waals surface area (Å²) in [5.41, 5.74) is 2.04. The highest BCUT2D eigenvalue weighted by Crippen LogP contribution is 2.44. The van der Waals surface area contributed by atoms with Crippen LogP contribution < -0.4 is 4.74 Å². The maximum absolute atomic E-state index is 11.3. The highest BCUT2D eigenvalue weighted by Gasteiger charge is 2.36. The lowest BCUT2D eigenvalue weighted by atomic mass is 9.81. The Bertz CT molecular complexity index is 498. The van der Waals surface area contributed by atoms with E-state index < -0.39 is 11.4 Å². The molecule has 1 aliphatic carbocycles. The van der Waals surface area contributed by atoms with Crippen molar-refractivity contribution in [2.45, 2.75) is 20.3 Å². The average Bonchev–Trinajstić information content (AvgIpc) is 2.72. The van der Waals surface area contributed by atoms with Gasteiger partial charge < -0.3 is 9.84 Å². The van der Waals surface area contributed by atoms with E-state index in [1.54, 1.807) is 21.0 Å². The maximum atomic E-state index is 11.3. The van der Waals surface area contributed by atoms with E-state index >= 15 is 0 Å². The molecule has 3 heteroatoms. The predicted molar refractivity (Wildman–Crippen MR) is 66.1 cm³/mol. The number of fused-ring (bicyclic) bond motifs is 1. The first kappa shape index (κ1) is 11.7. The largest absolute Gasteiger partial charge is 0.496 e. The summed E-state index contributed by atoms with van der Waals surface area (Å²) in [6.45, 7) is 3.45. The van der Waals surface area contributed by atoms with Gasteiger partial charge in [0.15, 0.2) is 0 Å². The molecule has 0 unspecified atom stereocenters. The fourth-order valence-corrected chi connectivity index (χ4v) is 2.22. The molecule has 17 heavy (non-hydrogen) atoms. The lowest BCUT2D eigenvalue weighted by Gasteiger charge is -2.23. The maximum Gasteiger partial charge on any atom is 0.313 e. The van der Waals surface area contributed by atoms with Crippen LogP contribution in [0.1, 0.15) is 25.0 Å². The van der Waals surface area contributed by atoms with Crippen molar-refractivity contribution in [1.82, 2.24) is 0 Å². The van der Waals surface area contributed by atoms with Crippen molar-refractivity contribution in [3.05, 3.63) is 35.4 Å². The highest BCUT2D eigenvalue weighted by molar-refractivity contribution is 5.94. The van der Waals surface area contributed by atoms with Crippen molar-refractivity contribution in [3.8, 4) is 5.75 Å². The van der Waals surface area contributed by atoms with E-state index in [0.29, 0.717) is 0 Å². The van der Waals surface area contributed by atoms with Gasteiger partial charge in [0.05, 0.1) is 12.5 Å².